The van der Waals surface area contributed by atoms with Gasteiger partial charge in [-0.15, -0.1) is 0 Å². The minimum Gasteiger partial charge on any atom is -0.371 e. The zero-order chi connectivity index (χ0) is 22.0. The number of benzene rings is 2. The summed E-state index contributed by atoms with van der Waals surface area (Å²) in [6.07, 6.45) is 1.94. The first-order valence-corrected chi connectivity index (χ1v) is 11.2. The Kier molecular flexibility index (Phi) is 6.26. The number of nitrogens with zero attached hydrogens (tertiary/aromatic N) is 1. The van der Waals surface area contributed by atoms with Crippen molar-refractivity contribution in [2.24, 2.45) is 0 Å². The van der Waals surface area contributed by atoms with Crippen LogP contribution >= 0.6 is 0 Å². The summed E-state index contributed by atoms with van der Waals surface area (Å²) in [5.41, 5.74) is 5.88. The number of rotatable bonds is 6. The molecule has 1 fully saturated rings. The SMILES string of the molecule is CCCCc1ccc2c(c1N1CCCCC1)C(C(=O)NCC(F)(F)F)c1ccccc1-2. The number of carbonyl (C=O) groups is 1. The Morgan fingerprint density at radius 1 is 1.06 bits per heavy atom. The number of amides is 1. The van der Waals surface area contributed by atoms with E-state index in [0.717, 1.165) is 73.1 Å². The molecule has 1 aliphatic heterocycles. The minimum atomic E-state index is -4.44. The molecule has 31 heavy (non-hydrogen) atoms. The zero-order valence-corrected chi connectivity index (χ0v) is 17.9. The second-order valence-corrected chi connectivity index (χ2v) is 8.54. The van der Waals surface area contributed by atoms with Crippen LogP contribution in [0.2, 0.25) is 0 Å². The second-order valence-electron chi connectivity index (χ2n) is 8.54. The summed E-state index contributed by atoms with van der Waals surface area (Å²) in [7, 11) is 0. The van der Waals surface area contributed by atoms with Gasteiger partial charge < -0.3 is 10.2 Å². The van der Waals surface area contributed by atoms with Crippen LogP contribution in [0.3, 0.4) is 0 Å². The van der Waals surface area contributed by atoms with Gasteiger partial charge in [-0.1, -0.05) is 49.7 Å². The maximum atomic E-state index is 13.1. The summed E-state index contributed by atoms with van der Waals surface area (Å²) < 4.78 is 38.5. The van der Waals surface area contributed by atoms with Crippen molar-refractivity contribution in [2.75, 3.05) is 24.5 Å². The van der Waals surface area contributed by atoms with Crippen LogP contribution in [0, 0.1) is 0 Å². The number of halogens is 3. The molecule has 3 nitrogen and oxygen atoms in total. The van der Waals surface area contributed by atoms with Gasteiger partial charge in [-0.2, -0.15) is 13.2 Å². The highest BCUT2D eigenvalue weighted by atomic mass is 19.4. The molecule has 1 aliphatic carbocycles. The van der Waals surface area contributed by atoms with Gasteiger partial charge in [-0.05, 0) is 54.4 Å². The predicted molar refractivity (Wildman–Crippen MR) is 117 cm³/mol. The van der Waals surface area contributed by atoms with Crippen LogP contribution in [-0.2, 0) is 11.2 Å². The van der Waals surface area contributed by atoms with Crippen molar-refractivity contribution in [3.05, 3.63) is 53.1 Å². The van der Waals surface area contributed by atoms with Crippen molar-refractivity contribution in [1.82, 2.24) is 5.32 Å². The first-order valence-electron chi connectivity index (χ1n) is 11.2. The van der Waals surface area contributed by atoms with E-state index in [1.807, 2.05) is 24.3 Å². The van der Waals surface area contributed by atoms with E-state index >= 15 is 0 Å². The molecule has 0 radical (unpaired) electrons. The fourth-order valence-corrected chi connectivity index (χ4v) is 4.95. The second kappa shape index (κ2) is 8.93. The number of hydrogen-bond acceptors (Lipinski definition) is 2. The third kappa shape index (κ3) is 4.43. The van der Waals surface area contributed by atoms with E-state index in [-0.39, 0.29) is 0 Å². The summed E-state index contributed by atoms with van der Waals surface area (Å²) in [6, 6.07) is 11.8. The number of hydrogen-bond donors (Lipinski definition) is 1. The number of piperidine rings is 1. The first kappa shape index (κ1) is 21.7. The Hall–Kier alpha value is -2.50. The van der Waals surface area contributed by atoms with E-state index in [2.05, 4.69) is 29.3 Å². The van der Waals surface area contributed by atoms with Crippen molar-refractivity contribution < 1.29 is 18.0 Å². The molecule has 166 valence electrons. The fourth-order valence-electron chi connectivity index (χ4n) is 4.95. The highest BCUT2D eigenvalue weighted by molar-refractivity contribution is 5.99. The largest absolute Gasteiger partial charge is 0.405 e. The van der Waals surface area contributed by atoms with Crippen molar-refractivity contribution in [3.63, 3.8) is 0 Å². The van der Waals surface area contributed by atoms with E-state index in [1.165, 1.54) is 12.0 Å². The van der Waals surface area contributed by atoms with Crippen molar-refractivity contribution in [3.8, 4) is 11.1 Å². The van der Waals surface area contributed by atoms with Gasteiger partial charge in [0.05, 0.1) is 5.92 Å². The van der Waals surface area contributed by atoms with Crippen LogP contribution in [0.25, 0.3) is 11.1 Å². The standard InChI is InChI=1S/C25H29F3N2O/c1-2-3-9-17-12-13-20-18-10-5-6-11-19(18)22(24(31)29-16-25(26,27)28)21(20)23(17)30-14-7-4-8-15-30/h5-6,10-13,22H,2-4,7-9,14-16H2,1H3,(H,29,31). The number of nitrogens with one attached hydrogen (secondary N) is 1. The molecule has 2 aromatic carbocycles. The topological polar surface area (TPSA) is 32.3 Å². The summed E-state index contributed by atoms with van der Waals surface area (Å²) in [5, 5.41) is 2.16. The third-order valence-corrected chi connectivity index (χ3v) is 6.35. The molecule has 1 atom stereocenters. The monoisotopic (exact) mass is 430 g/mol. The lowest BCUT2D eigenvalue weighted by molar-refractivity contribution is -0.138. The third-order valence-electron chi connectivity index (χ3n) is 6.35. The Morgan fingerprint density at radius 3 is 2.52 bits per heavy atom. The molecule has 0 spiro atoms. The molecule has 0 saturated carbocycles. The Morgan fingerprint density at radius 2 is 1.81 bits per heavy atom. The van der Waals surface area contributed by atoms with E-state index in [0.29, 0.717) is 0 Å². The molecular formula is C25H29F3N2O. The smallest absolute Gasteiger partial charge is 0.371 e. The highest BCUT2D eigenvalue weighted by Crippen LogP contribution is 2.50. The molecule has 1 unspecified atom stereocenters. The normalized spacial score (nSPS) is 17.9. The molecule has 1 N–H and O–H groups in total. The predicted octanol–water partition coefficient (Wildman–Crippen LogP) is 5.81. The van der Waals surface area contributed by atoms with Crippen LogP contribution in [0.1, 0.15) is 61.6 Å². The summed E-state index contributed by atoms with van der Waals surface area (Å²) in [5.74, 6) is -1.29. The average molecular weight is 431 g/mol. The van der Waals surface area contributed by atoms with Gasteiger partial charge in [-0.25, -0.2) is 0 Å². The molecular weight excluding hydrogens is 401 g/mol. The molecule has 1 amide bonds. The van der Waals surface area contributed by atoms with Gasteiger partial charge in [0.25, 0.3) is 0 Å². The fraction of sp³-hybridized carbons (Fsp3) is 0.480. The zero-order valence-electron chi connectivity index (χ0n) is 17.9. The molecule has 1 heterocycles. The van der Waals surface area contributed by atoms with Crippen LogP contribution in [0.15, 0.2) is 36.4 Å². The summed E-state index contributed by atoms with van der Waals surface area (Å²) >= 11 is 0. The van der Waals surface area contributed by atoms with Crippen molar-refractivity contribution in [1.29, 1.82) is 0 Å². The van der Waals surface area contributed by atoms with Crippen molar-refractivity contribution >= 4 is 11.6 Å². The quantitative estimate of drug-likeness (QED) is 0.627. The van der Waals surface area contributed by atoms with Crippen LogP contribution in [-0.4, -0.2) is 31.7 Å². The maximum absolute atomic E-state index is 13.1. The molecule has 1 saturated heterocycles. The van der Waals surface area contributed by atoms with Crippen LogP contribution in [0.4, 0.5) is 18.9 Å². The molecule has 0 bridgehead atoms. The lowest BCUT2D eigenvalue weighted by Crippen LogP contribution is -2.38. The van der Waals surface area contributed by atoms with Gasteiger partial charge in [0.1, 0.15) is 6.54 Å². The Balaban J connectivity index is 1.83. The van der Waals surface area contributed by atoms with Gasteiger partial charge >= 0.3 is 6.18 Å². The van der Waals surface area contributed by atoms with Gasteiger partial charge in [-0.3, -0.25) is 4.79 Å². The van der Waals surface area contributed by atoms with E-state index in [1.54, 1.807) is 0 Å². The van der Waals surface area contributed by atoms with E-state index < -0.39 is 24.5 Å². The highest BCUT2D eigenvalue weighted by Gasteiger charge is 2.39. The van der Waals surface area contributed by atoms with Crippen LogP contribution in [0.5, 0.6) is 0 Å². The first-order chi connectivity index (χ1) is 14.9. The average Bonchev–Trinajstić information content (AvgIpc) is 3.10. The Labute approximate surface area is 181 Å². The van der Waals surface area contributed by atoms with Crippen molar-refractivity contribution in [2.45, 2.75) is 57.5 Å². The lowest BCUT2D eigenvalue weighted by atomic mass is 9.90. The lowest BCUT2D eigenvalue weighted by Gasteiger charge is -2.34. The molecule has 4 rings (SSSR count). The number of aryl methyl sites for hydroxylation is 1. The number of unbranched alkanes of at least 4 members (excludes halogenated alkanes) is 1. The number of anilines is 1. The number of carbonyl (C=O) groups excluding carboxylic acids is 1. The van der Waals surface area contributed by atoms with Crippen LogP contribution < -0.4 is 10.2 Å². The minimum absolute atomic E-state index is 0.575. The molecule has 2 aromatic rings. The van der Waals surface area contributed by atoms with Gasteiger partial charge in [0.2, 0.25) is 5.91 Å². The van der Waals surface area contributed by atoms with E-state index in [9.17, 15) is 18.0 Å². The summed E-state index contributed by atoms with van der Waals surface area (Å²) in [4.78, 5) is 15.5. The summed E-state index contributed by atoms with van der Waals surface area (Å²) in [6.45, 7) is 2.68. The molecule has 6 heteroatoms. The maximum Gasteiger partial charge on any atom is 0.405 e. The number of alkyl halides is 3. The molecule has 2 aliphatic rings. The molecule has 0 aromatic heterocycles. The Bertz CT molecular complexity index is 948. The van der Waals surface area contributed by atoms with E-state index in [4.69, 9.17) is 0 Å². The van der Waals surface area contributed by atoms with Gasteiger partial charge in [0.15, 0.2) is 0 Å². The number of fused-ring (bicyclic) bond motifs is 3. The van der Waals surface area contributed by atoms with Gasteiger partial charge in [0, 0.05) is 24.3 Å².